The van der Waals surface area contributed by atoms with Crippen LogP contribution in [-0.2, 0) is 0 Å². The molecule has 0 N–H and O–H groups in total. The molecule has 0 amide bonds. The van der Waals surface area contributed by atoms with Crippen molar-refractivity contribution >= 4 is 0 Å². The molecule has 2 fully saturated rings. The lowest BCUT2D eigenvalue weighted by Crippen LogP contribution is -2.60. The van der Waals surface area contributed by atoms with Gasteiger partial charge in [0.25, 0.3) is 0 Å². The van der Waals surface area contributed by atoms with Crippen LogP contribution in [0.4, 0.5) is 0 Å². The average molecular weight is 293 g/mol. The third-order valence-electron chi connectivity index (χ3n) is 8.78. The lowest BCUT2D eigenvalue weighted by atomic mass is 9.38. The summed E-state index contributed by atoms with van der Waals surface area (Å²) in [6.45, 7) is 22.9. The van der Waals surface area contributed by atoms with Crippen molar-refractivity contribution < 1.29 is 0 Å². The van der Waals surface area contributed by atoms with E-state index < -0.39 is 0 Å². The molecule has 0 heteroatoms. The van der Waals surface area contributed by atoms with Gasteiger partial charge < -0.3 is 0 Å². The first-order chi connectivity index (χ1) is 9.52. The Balaban J connectivity index is 2.58. The summed E-state index contributed by atoms with van der Waals surface area (Å²) >= 11 is 0. The zero-order valence-corrected chi connectivity index (χ0v) is 16.2. The molecule has 5 unspecified atom stereocenters. The largest absolute Gasteiger partial charge is 0.0625 e. The summed E-state index contributed by atoms with van der Waals surface area (Å²) in [5, 5.41) is 0. The van der Waals surface area contributed by atoms with Gasteiger partial charge in [-0.2, -0.15) is 0 Å². The lowest BCUT2D eigenvalue weighted by Gasteiger charge is -2.66. The van der Waals surface area contributed by atoms with Crippen LogP contribution in [0, 0.1) is 45.8 Å². The third kappa shape index (κ3) is 2.07. The molecule has 2 aliphatic carbocycles. The molecule has 0 aromatic carbocycles. The van der Waals surface area contributed by atoms with Crippen LogP contribution in [0.15, 0.2) is 0 Å². The van der Waals surface area contributed by atoms with Crippen molar-refractivity contribution in [1.29, 1.82) is 0 Å². The van der Waals surface area contributed by atoms with Crippen molar-refractivity contribution in [2.45, 2.75) is 88.0 Å². The highest BCUT2D eigenvalue weighted by molar-refractivity contribution is 5.14. The summed E-state index contributed by atoms with van der Waals surface area (Å²) < 4.78 is 0. The van der Waals surface area contributed by atoms with Crippen molar-refractivity contribution in [1.82, 2.24) is 0 Å². The maximum atomic E-state index is 2.64. The molecule has 1 spiro atoms. The standard InChI is InChI=1S/C21H40/c1-14(2)18-16(5)10-13-21(18)17(6)11-12-20(9,15(3)4)19(21,7)8/h14-18H,10-13H2,1-9H3. The molecule has 2 rings (SSSR count). The lowest BCUT2D eigenvalue weighted by molar-refractivity contribution is -0.180. The molecule has 2 saturated carbocycles. The first kappa shape index (κ1) is 17.4. The van der Waals surface area contributed by atoms with Crippen LogP contribution in [0.5, 0.6) is 0 Å². The molecular formula is C21H40. The Hall–Kier alpha value is 0. The van der Waals surface area contributed by atoms with Gasteiger partial charge in [0.15, 0.2) is 0 Å². The van der Waals surface area contributed by atoms with Crippen molar-refractivity contribution in [2.75, 3.05) is 0 Å². The Morgan fingerprint density at radius 3 is 1.90 bits per heavy atom. The Bertz CT molecular complexity index is 377. The minimum Gasteiger partial charge on any atom is -0.0625 e. The highest BCUT2D eigenvalue weighted by Gasteiger charge is 2.66. The third-order valence-corrected chi connectivity index (χ3v) is 8.78. The molecule has 0 saturated heterocycles. The van der Waals surface area contributed by atoms with Crippen LogP contribution < -0.4 is 0 Å². The van der Waals surface area contributed by atoms with Gasteiger partial charge in [-0.1, -0.05) is 62.3 Å². The molecule has 0 aliphatic heterocycles. The SMILES string of the molecule is CC(C)C1C(C)CCC12C(C)CCC(C)(C(C)C)C2(C)C. The quantitative estimate of drug-likeness (QED) is 0.525. The molecule has 0 aromatic rings. The maximum absolute atomic E-state index is 2.64. The summed E-state index contributed by atoms with van der Waals surface area (Å²) in [4.78, 5) is 0. The second-order valence-electron chi connectivity index (χ2n) is 9.96. The van der Waals surface area contributed by atoms with E-state index in [2.05, 4.69) is 62.3 Å². The van der Waals surface area contributed by atoms with E-state index in [4.69, 9.17) is 0 Å². The molecule has 124 valence electrons. The van der Waals surface area contributed by atoms with Crippen LogP contribution >= 0.6 is 0 Å². The summed E-state index contributed by atoms with van der Waals surface area (Å²) in [6, 6.07) is 0. The first-order valence-corrected chi connectivity index (χ1v) is 9.52. The molecule has 0 bridgehead atoms. The van der Waals surface area contributed by atoms with Gasteiger partial charge in [-0.25, -0.2) is 0 Å². The molecule has 2 aliphatic rings. The first-order valence-electron chi connectivity index (χ1n) is 9.52. The van der Waals surface area contributed by atoms with Crippen LogP contribution in [0.2, 0.25) is 0 Å². The number of hydrogen-bond donors (Lipinski definition) is 0. The van der Waals surface area contributed by atoms with Gasteiger partial charge in [-0.15, -0.1) is 0 Å². The second-order valence-corrected chi connectivity index (χ2v) is 9.96. The van der Waals surface area contributed by atoms with Crippen molar-refractivity contribution in [3.63, 3.8) is 0 Å². The van der Waals surface area contributed by atoms with Gasteiger partial charge >= 0.3 is 0 Å². The monoisotopic (exact) mass is 292 g/mol. The van der Waals surface area contributed by atoms with Gasteiger partial charge in [0.1, 0.15) is 0 Å². The number of hydrogen-bond acceptors (Lipinski definition) is 0. The summed E-state index contributed by atoms with van der Waals surface area (Å²) in [5.41, 5.74) is 1.47. The number of rotatable bonds is 2. The van der Waals surface area contributed by atoms with E-state index in [1.54, 1.807) is 0 Å². The fourth-order valence-electron chi connectivity index (χ4n) is 7.12. The predicted molar refractivity (Wildman–Crippen MR) is 94.3 cm³/mol. The summed E-state index contributed by atoms with van der Waals surface area (Å²) in [7, 11) is 0. The molecule has 21 heavy (non-hydrogen) atoms. The smallest absolute Gasteiger partial charge is 0.0182 e. The van der Waals surface area contributed by atoms with E-state index >= 15 is 0 Å². The van der Waals surface area contributed by atoms with E-state index in [1.165, 1.54) is 25.7 Å². The van der Waals surface area contributed by atoms with E-state index in [0.717, 1.165) is 29.6 Å². The molecule has 0 aromatic heterocycles. The zero-order valence-electron chi connectivity index (χ0n) is 16.2. The van der Waals surface area contributed by atoms with Crippen LogP contribution in [0.1, 0.15) is 88.0 Å². The van der Waals surface area contributed by atoms with Crippen molar-refractivity contribution in [3.8, 4) is 0 Å². The van der Waals surface area contributed by atoms with E-state index in [0.29, 0.717) is 16.2 Å². The van der Waals surface area contributed by atoms with E-state index in [1.807, 2.05) is 0 Å². The predicted octanol–water partition coefficient (Wildman–Crippen LogP) is 6.79. The topological polar surface area (TPSA) is 0 Å². The van der Waals surface area contributed by atoms with Gasteiger partial charge in [0, 0.05) is 0 Å². The second kappa shape index (κ2) is 5.27. The van der Waals surface area contributed by atoms with Crippen LogP contribution in [0.3, 0.4) is 0 Å². The van der Waals surface area contributed by atoms with E-state index in [9.17, 15) is 0 Å². The maximum Gasteiger partial charge on any atom is -0.0182 e. The minimum absolute atomic E-state index is 0.436. The van der Waals surface area contributed by atoms with Gasteiger partial charge in [-0.3, -0.25) is 0 Å². The Morgan fingerprint density at radius 1 is 0.857 bits per heavy atom. The molecular weight excluding hydrogens is 252 g/mol. The van der Waals surface area contributed by atoms with Crippen LogP contribution in [-0.4, -0.2) is 0 Å². The summed E-state index contributed by atoms with van der Waals surface area (Å²) in [6.07, 6.45) is 5.77. The van der Waals surface area contributed by atoms with Gasteiger partial charge in [0.05, 0.1) is 0 Å². The van der Waals surface area contributed by atoms with E-state index in [-0.39, 0.29) is 0 Å². The fourth-order valence-corrected chi connectivity index (χ4v) is 7.12. The van der Waals surface area contributed by atoms with Crippen molar-refractivity contribution in [2.24, 2.45) is 45.8 Å². The normalized spacial score (nSPS) is 46.7. The Morgan fingerprint density at radius 2 is 1.43 bits per heavy atom. The molecule has 5 atom stereocenters. The highest BCUT2D eigenvalue weighted by atomic mass is 14.7. The summed E-state index contributed by atoms with van der Waals surface area (Å²) in [5.74, 6) is 4.29. The fraction of sp³-hybridized carbons (Fsp3) is 1.00. The highest BCUT2D eigenvalue weighted by Crippen LogP contribution is 2.73. The molecule has 0 radical (unpaired) electrons. The Labute approximate surface area is 134 Å². The van der Waals surface area contributed by atoms with Crippen LogP contribution in [0.25, 0.3) is 0 Å². The van der Waals surface area contributed by atoms with Gasteiger partial charge in [-0.05, 0) is 71.5 Å². The van der Waals surface area contributed by atoms with Gasteiger partial charge in [0.2, 0.25) is 0 Å². The molecule has 0 heterocycles. The zero-order chi connectivity index (χ0) is 16.2. The minimum atomic E-state index is 0.436. The average Bonchev–Trinajstić information content (AvgIpc) is 2.72. The molecule has 0 nitrogen and oxygen atoms in total. The van der Waals surface area contributed by atoms with Crippen molar-refractivity contribution in [3.05, 3.63) is 0 Å². The Kier molecular flexibility index (Phi) is 4.36.